The summed E-state index contributed by atoms with van der Waals surface area (Å²) in [5, 5.41) is 0. The van der Waals surface area contributed by atoms with E-state index in [1.165, 1.54) is 36.8 Å². The van der Waals surface area contributed by atoms with E-state index in [4.69, 9.17) is 11.6 Å². The van der Waals surface area contributed by atoms with Crippen molar-refractivity contribution >= 4 is 0 Å². The summed E-state index contributed by atoms with van der Waals surface area (Å²) < 4.78 is 43.0. The third-order valence-corrected chi connectivity index (χ3v) is 6.25. The zero-order chi connectivity index (χ0) is 18.7. The molecule has 2 heteroatoms. The van der Waals surface area contributed by atoms with E-state index in [2.05, 4.69) is 11.9 Å². The van der Waals surface area contributed by atoms with Crippen molar-refractivity contribution in [1.82, 2.24) is 4.90 Å². The van der Waals surface area contributed by atoms with Crippen molar-refractivity contribution < 1.29 is 11.6 Å². The molecule has 0 radical (unpaired) electrons. The summed E-state index contributed by atoms with van der Waals surface area (Å²) >= 11 is 0. The van der Waals surface area contributed by atoms with Gasteiger partial charge in [-0.1, -0.05) is 18.9 Å². The number of hydrogen-bond acceptors (Lipinski definition) is 2. The van der Waals surface area contributed by atoms with E-state index in [1.807, 2.05) is 12.1 Å². The molecule has 4 rings (SSSR count). The van der Waals surface area contributed by atoms with Crippen LogP contribution >= 0.6 is 0 Å². The van der Waals surface area contributed by atoms with Gasteiger partial charge in [0.25, 0.3) is 0 Å². The molecule has 1 heterocycles. The highest BCUT2D eigenvalue weighted by Crippen LogP contribution is 2.55. The molecule has 1 saturated heterocycles. The first-order valence-electron chi connectivity index (χ1n) is 10.7. The van der Waals surface area contributed by atoms with Gasteiger partial charge in [0.05, 0.1) is 9.30 Å². The van der Waals surface area contributed by atoms with Crippen LogP contribution in [0.15, 0.2) is 18.2 Å². The molecule has 2 aliphatic carbocycles. The monoisotopic (exact) mass is 290 g/mol. The number of rotatable bonds is 2. The Kier molecular flexibility index (Phi) is 2.20. The molecule has 114 valence electrons. The molecule has 1 aliphatic heterocycles. The van der Waals surface area contributed by atoms with Gasteiger partial charge in [-0.2, -0.15) is 0 Å². The fourth-order valence-corrected chi connectivity index (χ4v) is 5.30. The summed E-state index contributed by atoms with van der Waals surface area (Å²) in [6, 6.07) is 6.28. The van der Waals surface area contributed by atoms with E-state index >= 15 is 0 Å². The van der Waals surface area contributed by atoms with Gasteiger partial charge in [-0.25, -0.2) is 0 Å². The summed E-state index contributed by atoms with van der Waals surface area (Å²) in [5.74, 6) is 0.970. The van der Waals surface area contributed by atoms with E-state index < -0.39 is 13.4 Å². The zero-order valence-electron chi connectivity index (χ0n) is 17.7. The number of ether oxygens (including phenoxy) is 1. The molecule has 3 aliphatic rings. The van der Waals surface area contributed by atoms with Crippen LogP contribution in [0.1, 0.15) is 56.9 Å². The largest absolute Gasteiger partial charge is 0.494 e. The Morgan fingerprint density at radius 2 is 2.38 bits per heavy atom. The molecule has 0 N–H and O–H groups in total. The van der Waals surface area contributed by atoms with Crippen LogP contribution in [-0.4, -0.2) is 31.1 Å². The van der Waals surface area contributed by atoms with Gasteiger partial charge < -0.3 is 9.64 Å². The van der Waals surface area contributed by atoms with E-state index in [9.17, 15) is 0 Å². The minimum absolute atomic E-state index is 0.148. The second-order valence-corrected chi connectivity index (χ2v) is 7.03. The average Bonchev–Trinajstić information content (AvgIpc) is 2.57. The molecule has 0 spiro atoms. The van der Waals surface area contributed by atoms with Gasteiger partial charge in [0, 0.05) is 15.6 Å². The van der Waals surface area contributed by atoms with E-state index in [-0.39, 0.29) is 5.41 Å². The third-order valence-electron chi connectivity index (χ3n) is 6.25. The van der Waals surface area contributed by atoms with Crippen molar-refractivity contribution in [3.8, 4) is 5.75 Å². The van der Waals surface area contributed by atoms with Gasteiger partial charge in [-0.05, 0) is 75.3 Å². The summed E-state index contributed by atoms with van der Waals surface area (Å²) in [7, 11) is 2.23. The number of hydrogen-bond donors (Lipinski definition) is 0. The summed E-state index contributed by atoms with van der Waals surface area (Å²) in [5.41, 5.74) is 2.75. The van der Waals surface area contributed by atoms with Crippen molar-refractivity contribution in [1.29, 1.82) is 0 Å². The number of likely N-dealkylation sites (tertiary alicyclic amines) is 1. The van der Waals surface area contributed by atoms with Gasteiger partial charge in [-0.3, -0.25) is 0 Å². The maximum atomic E-state index is 7.78. The molecule has 1 aromatic carbocycles. The van der Waals surface area contributed by atoms with E-state index in [0.717, 1.165) is 19.4 Å². The second kappa shape index (κ2) is 5.01. The Balaban J connectivity index is 1.74. The van der Waals surface area contributed by atoms with E-state index in [1.54, 1.807) is 6.07 Å². The standard InChI is InChI=1S/C19H27NO/c1-3-21-15-8-7-14-12-18-16-6-4-5-9-19(16,17(14)13-15)10-11-20(18)2/h7-8,13,16,18H,3-6,9-12H2,1-2H3/t16-,18+,19+/m1/s1/i1D3,3D2. The number of nitrogens with zero attached hydrogens (tertiary/aromatic N) is 1. The summed E-state index contributed by atoms with van der Waals surface area (Å²) in [6.45, 7) is -4.41. The fraction of sp³-hybridized carbons (Fsp3) is 0.684. The smallest absolute Gasteiger partial charge is 0.119 e. The molecule has 0 unspecified atom stereocenters. The predicted octanol–water partition coefficient (Wildman–Crippen LogP) is 3.77. The van der Waals surface area contributed by atoms with Crippen LogP contribution in [-0.2, 0) is 11.8 Å². The van der Waals surface area contributed by atoms with Crippen LogP contribution < -0.4 is 4.74 Å². The molecule has 3 atom stereocenters. The molecule has 2 bridgehead atoms. The van der Waals surface area contributed by atoms with Crippen molar-refractivity contribution in [2.45, 2.75) is 56.8 Å². The lowest BCUT2D eigenvalue weighted by molar-refractivity contribution is 0.00271. The molecule has 2 fully saturated rings. The number of benzene rings is 1. The quantitative estimate of drug-likeness (QED) is 0.822. The predicted molar refractivity (Wildman–Crippen MR) is 86.0 cm³/mol. The Morgan fingerprint density at radius 3 is 3.29 bits per heavy atom. The molecule has 0 aromatic heterocycles. The SMILES string of the molecule is [2H]C([2H])([2H])C([2H])([2H])Oc1ccc2c(c1)[C@]13CCCC[C@@H]1[C@H](C2)N(C)CC3. The fourth-order valence-electron chi connectivity index (χ4n) is 5.30. The number of fused-ring (bicyclic) bond motifs is 1. The molecular formula is C19H27NO. The van der Waals surface area contributed by atoms with Crippen LogP contribution in [0.3, 0.4) is 0 Å². The van der Waals surface area contributed by atoms with Crippen LogP contribution in [0.4, 0.5) is 0 Å². The third kappa shape index (κ3) is 1.95. The van der Waals surface area contributed by atoms with Crippen LogP contribution in [0.2, 0.25) is 0 Å². The molecule has 21 heavy (non-hydrogen) atoms. The molecule has 2 nitrogen and oxygen atoms in total. The normalized spacial score (nSPS) is 39.8. The lowest BCUT2D eigenvalue weighted by Crippen LogP contribution is -2.59. The first kappa shape index (κ1) is 9.19. The van der Waals surface area contributed by atoms with Crippen LogP contribution in [0.5, 0.6) is 5.75 Å². The van der Waals surface area contributed by atoms with Gasteiger partial charge in [0.2, 0.25) is 0 Å². The van der Waals surface area contributed by atoms with Crippen LogP contribution in [0.25, 0.3) is 0 Å². The van der Waals surface area contributed by atoms with Crippen molar-refractivity contribution in [2.24, 2.45) is 5.92 Å². The second-order valence-electron chi connectivity index (χ2n) is 7.03. The molecule has 1 saturated carbocycles. The highest BCUT2D eigenvalue weighted by atomic mass is 16.5. The minimum atomic E-state index is -2.81. The lowest BCUT2D eigenvalue weighted by atomic mass is 9.52. The Hall–Kier alpha value is -1.02. The minimum Gasteiger partial charge on any atom is -0.494 e. The van der Waals surface area contributed by atoms with E-state index in [0.29, 0.717) is 17.7 Å². The Labute approximate surface area is 135 Å². The highest BCUT2D eigenvalue weighted by Gasteiger charge is 2.53. The van der Waals surface area contributed by atoms with Gasteiger partial charge in [0.1, 0.15) is 5.75 Å². The molecule has 0 amide bonds. The maximum absolute atomic E-state index is 7.78. The zero-order valence-corrected chi connectivity index (χ0v) is 12.7. The summed E-state index contributed by atoms with van der Waals surface area (Å²) in [6.07, 6.45) is 7.07. The van der Waals surface area contributed by atoms with Crippen molar-refractivity contribution in [3.63, 3.8) is 0 Å². The number of piperidine rings is 1. The molecule has 1 aromatic rings. The van der Waals surface area contributed by atoms with Crippen molar-refractivity contribution in [3.05, 3.63) is 29.3 Å². The van der Waals surface area contributed by atoms with Gasteiger partial charge in [-0.15, -0.1) is 0 Å². The first-order valence-corrected chi connectivity index (χ1v) is 8.17. The topological polar surface area (TPSA) is 12.5 Å². The van der Waals surface area contributed by atoms with Gasteiger partial charge >= 0.3 is 0 Å². The summed E-state index contributed by atoms with van der Waals surface area (Å²) in [4.78, 5) is 2.51. The lowest BCUT2D eigenvalue weighted by Gasteiger charge is -2.58. The Morgan fingerprint density at radius 1 is 1.43 bits per heavy atom. The first-order chi connectivity index (χ1) is 12.1. The average molecular weight is 290 g/mol. The van der Waals surface area contributed by atoms with Crippen LogP contribution in [0, 0.1) is 5.92 Å². The Bertz CT molecular complexity index is 704. The molecular weight excluding hydrogens is 258 g/mol. The van der Waals surface area contributed by atoms with Gasteiger partial charge in [0.15, 0.2) is 0 Å². The number of likely N-dealkylation sites (N-methyl/N-ethyl adjacent to an activating group) is 1. The highest BCUT2D eigenvalue weighted by molar-refractivity contribution is 5.45. The van der Waals surface area contributed by atoms with Crippen molar-refractivity contribution in [2.75, 3.05) is 20.2 Å². The maximum Gasteiger partial charge on any atom is 0.119 e.